The third-order valence-electron chi connectivity index (χ3n) is 10.5. The van der Waals surface area contributed by atoms with Crippen LogP contribution in [0, 0.1) is 12.3 Å². The zero-order chi connectivity index (χ0) is 40.9. The fourth-order valence-electron chi connectivity index (χ4n) is 7.78. The highest BCUT2D eigenvalue weighted by Gasteiger charge is 2.47. The normalized spacial score (nSPS) is 16.1. The first-order valence-corrected chi connectivity index (χ1v) is 21.9. The first-order valence-electron chi connectivity index (χ1n) is 19.7. The number of imidazole rings is 1. The largest absolute Gasteiger partial charge is 0.543 e. The highest BCUT2D eigenvalue weighted by molar-refractivity contribution is 6.78. The minimum atomic E-state index is -2.42. The quantitative estimate of drug-likeness (QED) is 0.0856. The molecular weight excluding hydrogens is 715 g/mol. The molecule has 1 aliphatic heterocycles. The molecular formula is C42H65N5O7Si. The Balaban J connectivity index is 1.80. The van der Waals surface area contributed by atoms with Gasteiger partial charge in [-0.05, 0) is 98.1 Å². The number of alkyl carbamates (subject to hydrolysis) is 1. The van der Waals surface area contributed by atoms with Crippen LogP contribution in [0.4, 0.5) is 4.79 Å². The van der Waals surface area contributed by atoms with Crippen LogP contribution in [0.2, 0.25) is 16.6 Å². The number of aliphatic hydroxyl groups excluding tert-OH is 1. The number of nitrogens with one attached hydrogen (secondary N) is 3. The molecule has 1 aromatic heterocycles. The highest BCUT2D eigenvalue weighted by atomic mass is 28.4. The average molecular weight is 780 g/mol. The Morgan fingerprint density at radius 2 is 1.65 bits per heavy atom. The van der Waals surface area contributed by atoms with E-state index in [-0.39, 0.29) is 18.4 Å². The van der Waals surface area contributed by atoms with Crippen molar-refractivity contribution in [2.75, 3.05) is 19.8 Å². The SMILES string of the molecule is Cc1nc2ccc(-c3cc(CC(NC(=O)OC(C)(C)C)C(=O)COC(=O)[C@@H]4CCCNN4)cc(O[Si](C(C)C)(C(C)C)C(C)C)c3)cc2n1CC(C)(C)CO. The van der Waals surface area contributed by atoms with E-state index >= 15 is 0 Å². The van der Waals surface area contributed by atoms with Crippen molar-refractivity contribution in [3.63, 3.8) is 0 Å². The summed E-state index contributed by atoms with van der Waals surface area (Å²) in [4.78, 5) is 44.6. The van der Waals surface area contributed by atoms with Gasteiger partial charge in [0.15, 0.2) is 12.4 Å². The number of Topliss-reactive ketones (excluding diaryl/α,β-unsaturated/α-hetero) is 1. The number of esters is 1. The van der Waals surface area contributed by atoms with Crippen LogP contribution in [0.15, 0.2) is 36.4 Å². The van der Waals surface area contributed by atoms with Gasteiger partial charge >= 0.3 is 12.1 Å². The Kier molecular flexibility index (Phi) is 14.4. The number of ketones is 1. The van der Waals surface area contributed by atoms with Crippen LogP contribution in [0.5, 0.6) is 5.75 Å². The summed E-state index contributed by atoms with van der Waals surface area (Å²) in [6, 6.07) is 10.6. The number of benzene rings is 2. The molecule has 2 heterocycles. The summed E-state index contributed by atoms with van der Waals surface area (Å²) in [6.45, 7) is 25.6. The molecule has 1 saturated heterocycles. The van der Waals surface area contributed by atoms with Crippen LogP contribution >= 0.6 is 0 Å². The summed E-state index contributed by atoms with van der Waals surface area (Å²) in [6.07, 6.45) is 0.754. The monoisotopic (exact) mass is 779 g/mol. The van der Waals surface area contributed by atoms with E-state index in [4.69, 9.17) is 18.9 Å². The summed E-state index contributed by atoms with van der Waals surface area (Å²) in [7, 11) is -2.42. The van der Waals surface area contributed by atoms with Crippen LogP contribution < -0.4 is 20.6 Å². The van der Waals surface area contributed by atoms with E-state index in [9.17, 15) is 19.5 Å². The summed E-state index contributed by atoms with van der Waals surface area (Å²) in [5.74, 6) is 0.573. The molecule has 2 aromatic carbocycles. The zero-order valence-electron chi connectivity index (χ0n) is 35.1. The van der Waals surface area contributed by atoms with Crippen LogP contribution in [-0.4, -0.2) is 78.3 Å². The molecule has 0 bridgehead atoms. The van der Waals surface area contributed by atoms with E-state index in [2.05, 4.69) is 74.4 Å². The molecule has 0 radical (unpaired) electrons. The van der Waals surface area contributed by atoms with Crippen molar-refractivity contribution in [3.8, 4) is 16.9 Å². The maximum Gasteiger partial charge on any atom is 0.408 e. The average Bonchev–Trinajstić information content (AvgIpc) is 3.40. The zero-order valence-corrected chi connectivity index (χ0v) is 36.1. The maximum absolute atomic E-state index is 13.9. The molecule has 2 atom stereocenters. The number of fused-ring (bicyclic) bond motifs is 1. The van der Waals surface area contributed by atoms with E-state index in [0.717, 1.165) is 46.5 Å². The number of hydrazine groups is 1. The van der Waals surface area contributed by atoms with Crippen LogP contribution in [-0.2, 0) is 32.0 Å². The number of aryl methyl sites for hydroxylation is 1. The first kappa shape index (κ1) is 43.9. The predicted octanol–water partition coefficient (Wildman–Crippen LogP) is 7.39. The smallest absolute Gasteiger partial charge is 0.408 e. The van der Waals surface area contributed by atoms with E-state index in [1.807, 2.05) is 45.0 Å². The lowest BCUT2D eigenvalue weighted by Crippen LogP contribution is -2.51. The molecule has 0 aliphatic carbocycles. The van der Waals surface area contributed by atoms with Crippen molar-refractivity contribution in [1.29, 1.82) is 0 Å². The highest BCUT2D eigenvalue weighted by Crippen LogP contribution is 2.44. The molecule has 304 valence electrons. The van der Waals surface area contributed by atoms with Crippen molar-refractivity contribution < 1.29 is 33.4 Å². The van der Waals surface area contributed by atoms with Gasteiger partial charge in [0.05, 0.1) is 17.1 Å². The van der Waals surface area contributed by atoms with Crippen LogP contribution in [0.25, 0.3) is 22.2 Å². The molecule has 13 heteroatoms. The van der Waals surface area contributed by atoms with Gasteiger partial charge in [-0.3, -0.25) is 15.0 Å². The predicted molar refractivity (Wildman–Crippen MR) is 219 cm³/mol. The Morgan fingerprint density at radius 1 is 0.982 bits per heavy atom. The number of hydrogen-bond donors (Lipinski definition) is 4. The molecule has 0 spiro atoms. The number of hydrogen-bond acceptors (Lipinski definition) is 10. The topological polar surface area (TPSA) is 153 Å². The van der Waals surface area contributed by atoms with Gasteiger partial charge in [0.25, 0.3) is 8.32 Å². The fourth-order valence-corrected chi connectivity index (χ4v) is 13.0. The Morgan fingerprint density at radius 3 is 2.24 bits per heavy atom. The summed E-state index contributed by atoms with van der Waals surface area (Å²) >= 11 is 0. The van der Waals surface area contributed by atoms with Crippen LogP contribution in [0.1, 0.15) is 100 Å². The molecule has 1 aliphatic rings. The lowest BCUT2D eigenvalue weighted by molar-refractivity contribution is -0.151. The molecule has 4 rings (SSSR count). The maximum atomic E-state index is 13.9. The van der Waals surface area contributed by atoms with Gasteiger partial charge in [0, 0.05) is 31.5 Å². The second-order valence-corrected chi connectivity index (χ2v) is 23.2. The lowest BCUT2D eigenvalue weighted by atomic mass is 9.94. The van der Waals surface area contributed by atoms with Crippen molar-refractivity contribution in [1.82, 2.24) is 25.7 Å². The number of amides is 1. The van der Waals surface area contributed by atoms with Crippen LogP contribution in [0.3, 0.4) is 0 Å². The van der Waals surface area contributed by atoms with Crippen molar-refractivity contribution in [2.24, 2.45) is 5.41 Å². The molecule has 0 saturated carbocycles. The fraction of sp³-hybridized carbons (Fsp3) is 0.619. The molecule has 1 fully saturated rings. The Bertz CT molecular complexity index is 1790. The second-order valence-electron chi connectivity index (χ2n) is 17.8. The lowest BCUT2D eigenvalue weighted by Gasteiger charge is -2.42. The minimum Gasteiger partial charge on any atom is -0.543 e. The van der Waals surface area contributed by atoms with E-state index in [0.29, 0.717) is 35.3 Å². The summed E-state index contributed by atoms with van der Waals surface area (Å²) in [5.41, 5.74) is 10.1. The molecule has 1 unspecified atom stereocenters. The molecule has 12 nitrogen and oxygen atoms in total. The molecule has 4 N–H and O–H groups in total. The number of carbonyl (C=O) groups is 3. The summed E-state index contributed by atoms with van der Waals surface area (Å²) in [5, 5.41) is 12.8. The number of ether oxygens (including phenoxy) is 2. The number of rotatable bonds is 16. The van der Waals surface area contributed by atoms with Gasteiger partial charge in [-0.2, -0.15) is 0 Å². The van der Waals surface area contributed by atoms with Crippen molar-refractivity contribution in [2.45, 2.75) is 143 Å². The molecule has 3 aromatic rings. The van der Waals surface area contributed by atoms with Gasteiger partial charge in [-0.15, -0.1) is 0 Å². The van der Waals surface area contributed by atoms with Gasteiger partial charge in [0.1, 0.15) is 23.2 Å². The Labute approximate surface area is 328 Å². The second kappa shape index (κ2) is 18.0. The third-order valence-corrected chi connectivity index (χ3v) is 16.5. The van der Waals surface area contributed by atoms with E-state index in [1.54, 1.807) is 20.8 Å². The standard InChI is InChI=1S/C42H65N5O7Si/c1-26(2)55(27(3)4,28(5)6)54-33-19-30(18-32(21-33)31-15-16-34-37(22-31)47(29(7)44-34)24-42(11,12)25-48)20-36(45-40(51)53-41(8,9)10)38(49)23-52-39(50)35-14-13-17-43-46-35/h15-16,18-19,21-22,26-28,35-36,43,46,48H,13-14,17,20,23-25H2,1-12H3,(H,45,51)/t35-,36?/m0/s1. The van der Waals surface area contributed by atoms with Gasteiger partial charge < -0.3 is 28.9 Å². The number of aliphatic hydroxyl groups is 1. The third kappa shape index (κ3) is 11.2. The van der Waals surface area contributed by atoms with E-state index < -0.39 is 50.5 Å². The van der Waals surface area contributed by atoms with Crippen molar-refractivity contribution in [3.05, 3.63) is 47.8 Å². The Hall–Kier alpha value is -3.78. The number of carbonyl (C=O) groups excluding carboxylic acids is 3. The van der Waals surface area contributed by atoms with E-state index in [1.165, 1.54) is 0 Å². The molecule has 55 heavy (non-hydrogen) atoms. The minimum absolute atomic E-state index is 0.0346. The van der Waals surface area contributed by atoms with Gasteiger partial charge in [-0.1, -0.05) is 67.5 Å². The first-order chi connectivity index (χ1) is 25.7. The van der Waals surface area contributed by atoms with Gasteiger partial charge in [0.2, 0.25) is 0 Å². The van der Waals surface area contributed by atoms with Gasteiger partial charge in [-0.25, -0.2) is 15.2 Å². The number of nitrogens with zero attached hydrogens (tertiary/aromatic N) is 2. The summed E-state index contributed by atoms with van der Waals surface area (Å²) < 4.78 is 20.4. The molecule has 1 amide bonds. The van der Waals surface area contributed by atoms with Crippen molar-refractivity contribution >= 4 is 37.2 Å². The number of aromatic nitrogens is 2.